The van der Waals surface area contributed by atoms with Crippen molar-refractivity contribution in [2.75, 3.05) is 23.0 Å². The lowest BCUT2D eigenvalue weighted by atomic mass is 10.1. The molecule has 0 radical (unpaired) electrons. The second-order valence-corrected chi connectivity index (χ2v) is 9.83. The molecule has 3 aromatic rings. The van der Waals surface area contributed by atoms with Gasteiger partial charge in [0.25, 0.3) is 5.91 Å². The standard InChI is InChI=1S/C24H25ClN2O4S/c1-17-13-21(25)11-12-23(17)27(32(3,29)30)15-18-7-9-20(10-8-18)24(28)26-22-6-4-5-19(14-22)16-31-2/h4-14H,15-16H2,1-3H3,(H,26,28). The van der Waals surface area contributed by atoms with Crippen molar-refractivity contribution in [1.29, 1.82) is 0 Å². The van der Waals surface area contributed by atoms with E-state index in [1.807, 2.05) is 31.2 Å². The summed E-state index contributed by atoms with van der Waals surface area (Å²) in [6.45, 7) is 2.42. The van der Waals surface area contributed by atoms with E-state index in [0.717, 1.165) is 16.7 Å². The highest BCUT2D eigenvalue weighted by molar-refractivity contribution is 7.92. The Kier molecular flexibility index (Phi) is 7.56. The van der Waals surface area contributed by atoms with E-state index in [-0.39, 0.29) is 12.5 Å². The Bertz CT molecular complexity index is 1210. The van der Waals surface area contributed by atoms with Gasteiger partial charge in [0.2, 0.25) is 10.0 Å². The molecule has 0 saturated carbocycles. The summed E-state index contributed by atoms with van der Waals surface area (Å²) >= 11 is 6.01. The molecule has 0 aliphatic carbocycles. The Labute approximate surface area is 193 Å². The molecule has 0 heterocycles. The summed E-state index contributed by atoms with van der Waals surface area (Å²) in [5, 5.41) is 3.41. The van der Waals surface area contributed by atoms with Crippen molar-refractivity contribution >= 4 is 38.9 Å². The predicted molar refractivity (Wildman–Crippen MR) is 129 cm³/mol. The van der Waals surface area contributed by atoms with Crippen LogP contribution in [0.4, 0.5) is 11.4 Å². The van der Waals surface area contributed by atoms with E-state index in [1.54, 1.807) is 49.6 Å². The fourth-order valence-electron chi connectivity index (χ4n) is 3.32. The highest BCUT2D eigenvalue weighted by Crippen LogP contribution is 2.27. The molecule has 0 spiro atoms. The Morgan fingerprint density at radius 3 is 2.38 bits per heavy atom. The number of rotatable bonds is 8. The van der Waals surface area contributed by atoms with Gasteiger partial charge in [-0.1, -0.05) is 35.9 Å². The Morgan fingerprint density at radius 1 is 1.03 bits per heavy atom. The average Bonchev–Trinajstić information content (AvgIpc) is 2.73. The highest BCUT2D eigenvalue weighted by Gasteiger charge is 2.20. The summed E-state index contributed by atoms with van der Waals surface area (Å²) in [5.74, 6) is -0.250. The molecule has 0 aliphatic rings. The van der Waals surface area contributed by atoms with Crippen LogP contribution >= 0.6 is 11.6 Å². The number of sulfonamides is 1. The first kappa shape index (κ1) is 23.8. The molecule has 6 nitrogen and oxygen atoms in total. The minimum Gasteiger partial charge on any atom is -0.380 e. The van der Waals surface area contributed by atoms with E-state index >= 15 is 0 Å². The van der Waals surface area contributed by atoms with Crippen molar-refractivity contribution < 1.29 is 17.9 Å². The number of anilines is 2. The summed E-state index contributed by atoms with van der Waals surface area (Å²) in [6.07, 6.45) is 1.17. The molecule has 0 bridgehead atoms. The fraction of sp³-hybridized carbons (Fsp3) is 0.208. The van der Waals surface area contributed by atoms with Crippen molar-refractivity contribution in [3.05, 3.63) is 94.0 Å². The van der Waals surface area contributed by atoms with Crippen LogP contribution in [0.1, 0.15) is 27.0 Å². The molecule has 3 rings (SSSR count). The molecule has 0 fully saturated rings. The molecule has 1 N–H and O–H groups in total. The van der Waals surface area contributed by atoms with Crippen molar-refractivity contribution in [2.45, 2.75) is 20.1 Å². The smallest absolute Gasteiger partial charge is 0.255 e. The zero-order valence-electron chi connectivity index (χ0n) is 18.1. The second-order valence-electron chi connectivity index (χ2n) is 7.48. The molecule has 1 amide bonds. The van der Waals surface area contributed by atoms with Crippen molar-refractivity contribution in [3.8, 4) is 0 Å². The topological polar surface area (TPSA) is 75.7 Å². The quantitative estimate of drug-likeness (QED) is 0.499. The fourth-order valence-corrected chi connectivity index (χ4v) is 4.49. The number of ether oxygens (including phenoxy) is 1. The minimum atomic E-state index is -3.53. The maximum Gasteiger partial charge on any atom is 0.255 e. The van der Waals surface area contributed by atoms with Gasteiger partial charge in [-0.05, 0) is 66.1 Å². The average molecular weight is 473 g/mol. The first-order valence-electron chi connectivity index (χ1n) is 9.89. The van der Waals surface area contributed by atoms with Gasteiger partial charge in [0, 0.05) is 23.4 Å². The van der Waals surface area contributed by atoms with Crippen molar-refractivity contribution in [3.63, 3.8) is 0 Å². The maximum absolute atomic E-state index is 12.6. The van der Waals surface area contributed by atoms with Crippen molar-refractivity contribution in [2.24, 2.45) is 0 Å². The van der Waals surface area contributed by atoms with E-state index in [9.17, 15) is 13.2 Å². The molecule has 0 unspecified atom stereocenters. The third-order valence-electron chi connectivity index (χ3n) is 4.87. The van der Waals surface area contributed by atoms with Gasteiger partial charge in [-0.3, -0.25) is 9.10 Å². The number of carbonyl (C=O) groups excluding carboxylic acids is 1. The van der Waals surface area contributed by atoms with Crippen LogP contribution in [0.3, 0.4) is 0 Å². The first-order chi connectivity index (χ1) is 15.2. The zero-order valence-corrected chi connectivity index (χ0v) is 19.7. The summed E-state index contributed by atoms with van der Waals surface area (Å²) < 4.78 is 31.3. The lowest BCUT2D eigenvalue weighted by Crippen LogP contribution is -2.30. The number of amides is 1. The molecule has 0 aliphatic heterocycles. The summed E-state index contributed by atoms with van der Waals surface area (Å²) in [6, 6.07) is 19.4. The Balaban J connectivity index is 1.76. The van der Waals surface area contributed by atoms with Gasteiger partial charge in [-0.15, -0.1) is 0 Å². The first-order valence-corrected chi connectivity index (χ1v) is 12.1. The number of methoxy groups -OCH3 is 1. The number of hydrogen-bond acceptors (Lipinski definition) is 4. The van der Waals surface area contributed by atoms with Crippen LogP contribution in [0.5, 0.6) is 0 Å². The summed E-state index contributed by atoms with van der Waals surface area (Å²) in [5.41, 5.74) is 4.18. The third kappa shape index (κ3) is 6.09. The van der Waals surface area contributed by atoms with Gasteiger partial charge in [0.15, 0.2) is 0 Å². The number of hydrogen-bond donors (Lipinski definition) is 1. The lowest BCUT2D eigenvalue weighted by molar-refractivity contribution is 0.102. The number of nitrogens with one attached hydrogen (secondary N) is 1. The van der Waals surface area contributed by atoms with E-state index in [4.69, 9.17) is 16.3 Å². The number of nitrogens with zero attached hydrogens (tertiary/aromatic N) is 1. The number of aryl methyl sites for hydroxylation is 1. The normalized spacial score (nSPS) is 11.2. The van der Waals surface area contributed by atoms with E-state index in [0.29, 0.717) is 28.6 Å². The number of halogens is 1. The van der Waals surface area contributed by atoms with Crippen LogP contribution in [-0.2, 0) is 27.9 Å². The van der Waals surface area contributed by atoms with Gasteiger partial charge in [-0.25, -0.2) is 8.42 Å². The van der Waals surface area contributed by atoms with Crippen LogP contribution in [0.2, 0.25) is 5.02 Å². The molecule has 3 aromatic carbocycles. The molecular weight excluding hydrogens is 448 g/mol. The molecule has 8 heteroatoms. The maximum atomic E-state index is 12.6. The van der Waals surface area contributed by atoms with Gasteiger partial charge < -0.3 is 10.1 Å². The molecule has 32 heavy (non-hydrogen) atoms. The largest absolute Gasteiger partial charge is 0.380 e. The third-order valence-corrected chi connectivity index (χ3v) is 6.23. The van der Waals surface area contributed by atoms with Crippen LogP contribution in [-0.4, -0.2) is 27.7 Å². The number of carbonyl (C=O) groups is 1. The van der Waals surface area contributed by atoms with Crippen LogP contribution < -0.4 is 9.62 Å². The minimum absolute atomic E-state index is 0.141. The van der Waals surface area contributed by atoms with Crippen LogP contribution in [0.25, 0.3) is 0 Å². The zero-order chi connectivity index (χ0) is 23.3. The molecule has 0 atom stereocenters. The van der Waals surface area contributed by atoms with E-state index in [2.05, 4.69) is 5.32 Å². The lowest BCUT2D eigenvalue weighted by Gasteiger charge is -2.24. The van der Waals surface area contributed by atoms with Gasteiger partial charge in [0.1, 0.15) is 0 Å². The van der Waals surface area contributed by atoms with Gasteiger partial charge in [0.05, 0.1) is 25.1 Å². The van der Waals surface area contributed by atoms with Gasteiger partial charge >= 0.3 is 0 Å². The molecule has 168 valence electrons. The summed E-state index contributed by atoms with van der Waals surface area (Å²) in [7, 11) is -1.91. The molecular formula is C24H25ClN2O4S. The van der Waals surface area contributed by atoms with Crippen LogP contribution in [0.15, 0.2) is 66.7 Å². The number of benzene rings is 3. The van der Waals surface area contributed by atoms with E-state index in [1.165, 1.54) is 10.6 Å². The highest BCUT2D eigenvalue weighted by atomic mass is 35.5. The van der Waals surface area contributed by atoms with Crippen molar-refractivity contribution in [1.82, 2.24) is 0 Å². The van der Waals surface area contributed by atoms with E-state index < -0.39 is 10.0 Å². The van der Waals surface area contributed by atoms with Crippen LogP contribution in [0, 0.1) is 6.92 Å². The molecule has 0 saturated heterocycles. The summed E-state index contributed by atoms with van der Waals surface area (Å²) in [4.78, 5) is 12.6. The second kappa shape index (κ2) is 10.2. The Morgan fingerprint density at radius 2 is 1.75 bits per heavy atom. The SMILES string of the molecule is COCc1cccc(NC(=O)c2ccc(CN(c3ccc(Cl)cc3C)S(C)(=O)=O)cc2)c1. The molecule has 0 aromatic heterocycles. The predicted octanol–water partition coefficient (Wildman–Crippen LogP) is 5.01. The van der Waals surface area contributed by atoms with Gasteiger partial charge in [-0.2, -0.15) is 0 Å². The Hall–Kier alpha value is -2.87. The monoisotopic (exact) mass is 472 g/mol.